The third-order valence-electron chi connectivity index (χ3n) is 5.51. The Morgan fingerprint density at radius 3 is 2.16 bits per heavy atom. The second-order valence-electron chi connectivity index (χ2n) is 7.53. The molecule has 32 heavy (non-hydrogen) atoms. The van der Waals surface area contributed by atoms with Crippen LogP contribution in [0.4, 0.5) is 0 Å². The molecular formula is C23H20ClN5O2S. The molecule has 162 valence electrons. The van der Waals surface area contributed by atoms with E-state index in [2.05, 4.69) is 10.2 Å². The highest BCUT2D eigenvalue weighted by Gasteiger charge is 2.26. The monoisotopic (exact) mass is 465 g/mol. The van der Waals surface area contributed by atoms with Crippen molar-refractivity contribution < 1.29 is 9.35 Å². The van der Waals surface area contributed by atoms with Crippen molar-refractivity contribution in [3.05, 3.63) is 65.7 Å². The maximum absolute atomic E-state index is 12.9. The zero-order chi connectivity index (χ0) is 22.1. The number of aromatic nitrogens is 4. The SMILES string of the molecule is O=C(Cn1nc(-c2ccccc2)c2c(Cl)c(-c3ccccc3)nnc21)N1CC[S+]([O-])CC1. The van der Waals surface area contributed by atoms with Crippen molar-refractivity contribution >= 4 is 39.7 Å². The molecule has 9 heteroatoms. The number of halogens is 1. The van der Waals surface area contributed by atoms with Crippen LogP contribution in [0.5, 0.6) is 0 Å². The molecule has 1 saturated heterocycles. The first kappa shape index (κ1) is 20.9. The Balaban J connectivity index is 1.60. The number of nitrogens with zero attached hydrogens (tertiary/aromatic N) is 5. The highest BCUT2D eigenvalue weighted by atomic mass is 35.5. The van der Waals surface area contributed by atoms with Crippen LogP contribution < -0.4 is 0 Å². The van der Waals surface area contributed by atoms with Gasteiger partial charge in [-0.15, -0.1) is 10.2 Å². The summed E-state index contributed by atoms with van der Waals surface area (Å²) < 4.78 is 13.2. The smallest absolute Gasteiger partial charge is 0.244 e. The third kappa shape index (κ3) is 3.97. The topological polar surface area (TPSA) is 87.0 Å². The number of carbonyl (C=O) groups excluding carboxylic acids is 1. The molecule has 1 aliphatic heterocycles. The molecule has 1 aliphatic rings. The van der Waals surface area contributed by atoms with E-state index in [1.165, 1.54) is 0 Å². The fourth-order valence-corrected chi connectivity index (χ4v) is 5.19. The maximum atomic E-state index is 12.9. The van der Waals surface area contributed by atoms with E-state index in [0.29, 0.717) is 52.0 Å². The van der Waals surface area contributed by atoms with E-state index in [4.69, 9.17) is 16.7 Å². The first-order chi connectivity index (χ1) is 15.6. The zero-order valence-corrected chi connectivity index (χ0v) is 18.7. The molecule has 0 bridgehead atoms. The standard InChI is InChI=1S/C23H20ClN5O2S/c24-20-19-21(16-7-3-1-4-8-16)27-29(15-18(30)28-11-13-32(31)14-12-28)23(19)26-25-22(20)17-9-5-2-6-10-17/h1-10H,11-15H2. The molecule has 5 rings (SSSR count). The van der Waals surface area contributed by atoms with Crippen LogP contribution in [0.15, 0.2) is 60.7 Å². The van der Waals surface area contributed by atoms with Gasteiger partial charge in [0.2, 0.25) is 5.91 Å². The molecule has 1 amide bonds. The number of benzene rings is 2. The van der Waals surface area contributed by atoms with E-state index >= 15 is 0 Å². The largest absolute Gasteiger partial charge is 0.616 e. The normalized spacial score (nSPS) is 14.8. The van der Waals surface area contributed by atoms with Gasteiger partial charge in [0.1, 0.15) is 29.4 Å². The van der Waals surface area contributed by atoms with Crippen LogP contribution in [-0.4, -0.2) is 59.9 Å². The zero-order valence-electron chi connectivity index (χ0n) is 17.1. The number of hydrogen-bond donors (Lipinski definition) is 0. The van der Waals surface area contributed by atoms with Crippen molar-refractivity contribution in [3.63, 3.8) is 0 Å². The lowest BCUT2D eigenvalue weighted by atomic mass is 10.1. The molecular weight excluding hydrogens is 446 g/mol. The van der Waals surface area contributed by atoms with E-state index in [9.17, 15) is 9.35 Å². The summed E-state index contributed by atoms with van der Waals surface area (Å²) in [6.45, 7) is 0.993. The lowest BCUT2D eigenvalue weighted by Crippen LogP contribution is -2.45. The minimum absolute atomic E-state index is 0.0195. The van der Waals surface area contributed by atoms with Gasteiger partial charge in [-0.05, 0) is 0 Å². The fraction of sp³-hybridized carbons (Fsp3) is 0.217. The molecule has 2 aromatic carbocycles. The highest BCUT2D eigenvalue weighted by molar-refractivity contribution is 7.91. The minimum Gasteiger partial charge on any atom is -0.616 e. The molecule has 1 fully saturated rings. The van der Waals surface area contributed by atoms with Gasteiger partial charge in [0, 0.05) is 11.1 Å². The molecule has 2 aromatic heterocycles. The summed E-state index contributed by atoms with van der Waals surface area (Å²) in [7, 11) is 0. The number of amides is 1. The lowest BCUT2D eigenvalue weighted by Gasteiger charge is -2.28. The molecule has 0 aliphatic carbocycles. The molecule has 4 aromatic rings. The second kappa shape index (κ2) is 8.90. The van der Waals surface area contributed by atoms with E-state index in [-0.39, 0.29) is 12.5 Å². The molecule has 0 saturated carbocycles. The van der Waals surface area contributed by atoms with E-state index in [1.54, 1.807) is 9.58 Å². The van der Waals surface area contributed by atoms with Crippen molar-refractivity contribution in [1.82, 2.24) is 24.9 Å². The summed E-state index contributed by atoms with van der Waals surface area (Å²) in [5.41, 5.74) is 3.43. The third-order valence-corrected chi connectivity index (χ3v) is 7.15. The number of fused-ring (bicyclic) bond motifs is 1. The van der Waals surface area contributed by atoms with Gasteiger partial charge in [-0.2, -0.15) is 5.10 Å². The number of hydrogen-bond acceptors (Lipinski definition) is 5. The highest BCUT2D eigenvalue weighted by Crippen LogP contribution is 2.37. The molecule has 0 unspecified atom stereocenters. The molecule has 0 N–H and O–H groups in total. The Kier molecular flexibility index (Phi) is 5.82. The Morgan fingerprint density at radius 1 is 0.938 bits per heavy atom. The van der Waals surface area contributed by atoms with Crippen LogP contribution >= 0.6 is 11.6 Å². The van der Waals surface area contributed by atoms with Crippen LogP contribution in [0.2, 0.25) is 5.02 Å². The van der Waals surface area contributed by atoms with Crippen molar-refractivity contribution in [1.29, 1.82) is 0 Å². The van der Waals surface area contributed by atoms with Crippen molar-refractivity contribution in [3.8, 4) is 22.5 Å². The average Bonchev–Trinajstić information content (AvgIpc) is 3.20. The molecule has 0 atom stereocenters. The summed E-state index contributed by atoms with van der Waals surface area (Å²) in [5, 5.41) is 14.6. The molecule has 3 heterocycles. The van der Waals surface area contributed by atoms with Gasteiger partial charge in [-0.25, -0.2) is 4.68 Å². The van der Waals surface area contributed by atoms with Gasteiger partial charge < -0.3 is 9.45 Å². The summed E-state index contributed by atoms with van der Waals surface area (Å²) in [5.74, 6) is 0.926. The first-order valence-corrected chi connectivity index (χ1v) is 12.1. The predicted molar refractivity (Wildman–Crippen MR) is 126 cm³/mol. The van der Waals surface area contributed by atoms with E-state index < -0.39 is 11.2 Å². The van der Waals surface area contributed by atoms with E-state index in [1.807, 2.05) is 60.7 Å². The van der Waals surface area contributed by atoms with Crippen LogP contribution in [0.3, 0.4) is 0 Å². The van der Waals surface area contributed by atoms with Crippen LogP contribution in [0, 0.1) is 0 Å². The van der Waals surface area contributed by atoms with Gasteiger partial charge in [0.15, 0.2) is 5.65 Å². The summed E-state index contributed by atoms with van der Waals surface area (Å²) in [6, 6.07) is 19.3. The summed E-state index contributed by atoms with van der Waals surface area (Å²) in [6.07, 6.45) is 0. The predicted octanol–water partition coefficient (Wildman–Crippen LogP) is 3.40. The van der Waals surface area contributed by atoms with Gasteiger partial charge >= 0.3 is 0 Å². The second-order valence-corrected chi connectivity index (χ2v) is 9.60. The Hall–Kier alpha value is -2.94. The maximum Gasteiger partial charge on any atom is 0.244 e. The average molecular weight is 466 g/mol. The summed E-state index contributed by atoms with van der Waals surface area (Å²) in [4.78, 5) is 14.6. The van der Waals surface area contributed by atoms with Crippen molar-refractivity contribution in [2.75, 3.05) is 24.6 Å². The van der Waals surface area contributed by atoms with Crippen molar-refractivity contribution in [2.45, 2.75) is 6.54 Å². The van der Waals surface area contributed by atoms with Gasteiger partial charge in [0.05, 0.1) is 23.5 Å². The molecule has 0 radical (unpaired) electrons. The fourth-order valence-electron chi connectivity index (χ4n) is 3.82. The number of rotatable bonds is 4. The van der Waals surface area contributed by atoms with Crippen LogP contribution in [0.25, 0.3) is 33.5 Å². The quantitative estimate of drug-likeness (QED) is 0.431. The van der Waals surface area contributed by atoms with Gasteiger partial charge in [0.25, 0.3) is 0 Å². The van der Waals surface area contributed by atoms with Crippen LogP contribution in [-0.2, 0) is 22.5 Å². The molecule has 0 spiro atoms. The minimum atomic E-state index is -0.847. The Bertz CT molecular complexity index is 1260. The Morgan fingerprint density at radius 2 is 1.53 bits per heavy atom. The Labute approximate surface area is 193 Å². The van der Waals surface area contributed by atoms with Gasteiger partial charge in [-0.1, -0.05) is 83.4 Å². The lowest BCUT2D eigenvalue weighted by molar-refractivity contribution is -0.131. The number of carbonyl (C=O) groups is 1. The van der Waals surface area contributed by atoms with Crippen molar-refractivity contribution in [2.24, 2.45) is 0 Å². The molecule has 7 nitrogen and oxygen atoms in total. The van der Waals surface area contributed by atoms with Crippen LogP contribution in [0.1, 0.15) is 0 Å². The first-order valence-electron chi connectivity index (χ1n) is 10.3. The van der Waals surface area contributed by atoms with Gasteiger partial charge in [-0.3, -0.25) is 4.79 Å². The van der Waals surface area contributed by atoms with E-state index in [0.717, 1.165) is 11.1 Å². The summed E-state index contributed by atoms with van der Waals surface area (Å²) >= 11 is 6.01.